The van der Waals surface area contributed by atoms with Gasteiger partial charge in [-0.15, -0.1) is 0 Å². The molecule has 0 aromatic heterocycles. The predicted molar refractivity (Wildman–Crippen MR) is 43.2 cm³/mol. The molecular weight excluding hydrogens is 176 g/mol. The van der Waals surface area contributed by atoms with Crippen LogP contribution < -0.4 is 0 Å². The van der Waals surface area contributed by atoms with Crippen molar-refractivity contribution in [1.82, 2.24) is 0 Å². The average Bonchev–Trinajstić information content (AvgIpc) is 2.08. The highest BCUT2D eigenvalue weighted by Gasteiger charge is 2.34. The van der Waals surface area contributed by atoms with E-state index < -0.39 is 24.3 Å². The Bertz CT molecular complexity index is 181. The quantitative estimate of drug-likeness (QED) is 0.585. The molecule has 1 saturated heterocycles. The maximum Gasteiger partial charge on any atom is 0.303 e. The molecule has 1 heterocycles. The van der Waals surface area contributed by atoms with Gasteiger partial charge in [0.15, 0.2) is 6.10 Å². The van der Waals surface area contributed by atoms with Crippen LogP contribution in [-0.4, -0.2) is 49.7 Å². The van der Waals surface area contributed by atoms with E-state index in [0.717, 1.165) is 0 Å². The Kier molecular flexibility index (Phi) is 3.65. The van der Waals surface area contributed by atoms with Crippen molar-refractivity contribution in [2.75, 3.05) is 20.3 Å². The zero-order chi connectivity index (χ0) is 9.84. The normalized spacial score (nSPS) is 34.2. The van der Waals surface area contributed by atoms with Crippen LogP contribution in [-0.2, 0) is 19.0 Å². The van der Waals surface area contributed by atoms with Gasteiger partial charge in [-0.3, -0.25) is 4.79 Å². The summed E-state index contributed by atoms with van der Waals surface area (Å²) in [6.07, 6.45) is -1.84. The first-order chi connectivity index (χ1) is 6.15. The average molecular weight is 190 g/mol. The summed E-state index contributed by atoms with van der Waals surface area (Å²) in [5.41, 5.74) is 0. The number of carbonyl (C=O) groups excluding carboxylic acids is 1. The van der Waals surface area contributed by atoms with Crippen LogP contribution in [0.3, 0.4) is 0 Å². The third-order valence-corrected chi connectivity index (χ3v) is 1.95. The Morgan fingerprint density at radius 1 is 1.46 bits per heavy atom. The second-order valence-corrected chi connectivity index (χ2v) is 2.95. The van der Waals surface area contributed by atoms with Crippen molar-refractivity contribution >= 4 is 5.97 Å². The molecule has 0 aliphatic carbocycles. The highest BCUT2D eigenvalue weighted by molar-refractivity contribution is 5.66. The number of carbonyl (C=O) groups is 1. The first-order valence-electron chi connectivity index (χ1n) is 4.11. The van der Waals surface area contributed by atoms with E-state index in [1.54, 1.807) is 0 Å². The van der Waals surface area contributed by atoms with E-state index >= 15 is 0 Å². The number of ether oxygens (including phenoxy) is 3. The van der Waals surface area contributed by atoms with Gasteiger partial charge in [-0.1, -0.05) is 0 Å². The summed E-state index contributed by atoms with van der Waals surface area (Å²) in [4.78, 5) is 10.6. The van der Waals surface area contributed by atoms with Gasteiger partial charge in [0.25, 0.3) is 0 Å². The maximum absolute atomic E-state index is 10.6. The summed E-state index contributed by atoms with van der Waals surface area (Å²) < 4.78 is 14.9. The van der Waals surface area contributed by atoms with E-state index in [1.165, 1.54) is 14.0 Å². The van der Waals surface area contributed by atoms with Crippen LogP contribution in [0.15, 0.2) is 0 Å². The van der Waals surface area contributed by atoms with Crippen LogP contribution in [0.1, 0.15) is 6.92 Å². The van der Waals surface area contributed by atoms with Crippen LogP contribution in [0.5, 0.6) is 0 Å². The predicted octanol–water partition coefficient (Wildman–Crippen LogP) is -0.676. The molecule has 0 spiro atoms. The Hall–Kier alpha value is -0.650. The number of rotatable bonds is 2. The van der Waals surface area contributed by atoms with Gasteiger partial charge in [0.05, 0.1) is 13.2 Å². The molecule has 0 aromatic carbocycles. The number of esters is 1. The van der Waals surface area contributed by atoms with E-state index in [4.69, 9.17) is 14.2 Å². The van der Waals surface area contributed by atoms with Gasteiger partial charge in [0.2, 0.25) is 0 Å². The van der Waals surface area contributed by atoms with Crippen molar-refractivity contribution in [2.24, 2.45) is 0 Å². The number of hydrogen-bond acceptors (Lipinski definition) is 5. The zero-order valence-corrected chi connectivity index (χ0v) is 7.73. The van der Waals surface area contributed by atoms with E-state index in [2.05, 4.69) is 0 Å². The number of aliphatic hydroxyl groups excluding tert-OH is 1. The summed E-state index contributed by atoms with van der Waals surface area (Å²) in [6.45, 7) is 1.85. The summed E-state index contributed by atoms with van der Waals surface area (Å²) in [7, 11) is 1.48. The Morgan fingerprint density at radius 3 is 2.62 bits per heavy atom. The fourth-order valence-electron chi connectivity index (χ4n) is 1.26. The number of hydrogen-bond donors (Lipinski definition) is 1. The first-order valence-corrected chi connectivity index (χ1v) is 4.11. The molecule has 3 atom stereocenters. The standard InChI is InChI=1S/C8H14O5/c1-5(9)13-7-4-12-3-6(11-2)8(7)10/h6-8,10H,3-4H2,1-2H3/t6-,7+,8+/m1/s1. The fraction of sp³-hybridized carbons (Fsp3) is 0.875. The smallest absolute Gasteiger partial charge is 0.303 e. The molecular formula is C8H14O5. The second kappa shape index (κ2) is 4.55. The fourth-order valence-corrected chi connectivity index (χ4v) is 1.26. The maximum atomic E-state index is 10.6. The molecule has 0 amide bonds. The van der Waals surface area contributed by atoms with Gasteiger partial charge in [0.1, 0.15) is 12.2 Å². The molecule has 1 rings (SSSR count). The molecule has 0 radical (unpaired) electrons. The molecule has 1 aliphatic heterocycles. The first kappa shape index (κ1) is 10.4. The van der Waals surface area contributed by atoms with E-state index in [1.807, 2.05) is 0 Å². The lowest BCUT2D eigenvalue weighted by Crippen LogP contribution is -2.50. The van der Waals surface area contributed by atoms with Crippen LogP contribution in [0.2, 0.25) is 0 Å². The van der Waals surface area contributed by atoms with Crippen molar-refractivity contribution in [3.05, 3.63) is 0 Å². The van der Waals surface area contributed by atoms with Gasteiger partial charge < -0.3 is 19.3 Å². The zero-order valence-electron chi connectivity index (χ0n) is 7.73. The second-order valence-electron chi connectivity index (χ2n) is 2.95. The van der Waals surface area contributed by atoms with Crippen LogP contribution in [0.4, 0.5) is 0 Å². The Balaban J connectivity index is 2.49. The molecule has 0 unspecified atom stereocenters. The Labute approximate surface area is 76.6 Å². The minimum atomic E-state index is -0.803. The Morgan fingerprint density at radius 2 is 2.08 bits per heavy atom. The highest BCUT2D eigenvalue weighted by Crippen LogP contribution is 2.14. The lowest BCUT2D eigenvalue weighted by atomic mass is 10.1. The van der Waals surface area contributed by atoms with Gasteiger partial charge in [-0.2, -0.15) is 0 Å². The molecule has 0 bridgehead atoms. The van der Waals surface area contributed by atoms with Crippen LogP contribution >= 0.6 is 0 Å². The largest absolute Gasteiger partial charge is 0.457 e. The minimum absolute atomic E-state index is 0.223. The van der Waals surface area contributed by atoms with Crippen molar-refractivity contribution in [3.8, 4) is 0 Å². The van der Waals surface area contributed by atoms with Crippen molar-refractivity contribution < 1.29 is 24.1 Å². The number of aliphatic hydroxyl groups is 1. The molecule has 76 valence electrons. The third kappa shape index (κ3) is 2.65. The molecule has 13 heavy (non-hydrogen) atoms. The third-order valence-electron chi connectivity index (χ3n) is 1.95. The summed E-state index contributed by atoms with van der Waals surface area (Å²) in [5, 5.41) is 9.60. The summed E-state index contributed by atoms with van der Waals surface area (Å²) in [6, 6.07) is 0. The molecule has 1 N–H and O–H groups in total. The molecule has 5 nitrogen and oxygen atoms in total. The van der Waals surface area contributed by atoms with Crippen LogP contribution in [0, 0.1) is 0 Å². The lowest BCUT2D eigenvalue weighted by molar-refractivity contribution is -0.188. The van der Waals surface area contributed by atoms with Crippen molar-refractivity contribution in [2.45, 2.75) is 25.2 Å². The molecule has 1 fully saturated rings. The van der Waals surface area contributed by atoms with Gasteiger partial charge in [0, 0.05) is 14.0 Å². The highest BCUT2D eigenvalue weighted by atomic mass is 16.6. The van der Waals surface area contributed by atoms with Gasteiger partial charge >= 0.3 is 5.97 Å². The van der Waals surface area contributed by atoms with Crippen molar-refractivity contribution in [1.29, 1.82) is 0 Å². The summed E-state index contributed by atoms with van der Waals surface area (Å²) >= 11 is 0. The van der Waals surface area contributed by atoms with E-state index in [9.17, 15) is 9.90 Å². The minimum Gasteiger partial charge on any atom is -0.457 e. The van der Waals surface area contributed by atoms with Gasteiger partial charge in [-0.25, -0.2) is 0 Å². The lowest BCUT2D eigenvalue weighted by Gasteiger charge is -2.32. The summed E-state index contributed by atoms with van der Waals surface area (Å²) in [5.74, 6) is -0.426. The van der Waals surface area contributed by atoms with Gasteiger partial charge in [-0.05, 0) is 0 Å². The van der Waals surface area contributed by atoms with Crippen molar-refractivity contribution in [3.63, 3.8) is 0 Å². The monoisotopic (exact) mass is 190 g/mol. The number of methoxy groups -OCH3 is 1. The van der Waals surface area contributed by atoms with E-state index in [0.29, 0.717) is 6.61 Å². The van der Waals surface area contributed by atoms with Crippen LogP contribution in [0.25, 0.3) is 0 Å². The molecule has 0 aromatic rings. The molecule has 5 heteroatoms. The SMILES string of the molecule is CO[C@@H]1COC[C@H](OC(C)=O)[C@H]1O. The van der Waals surface area contributed by atoms with E-state index in [-0.39, 0.29) is 6.61 Å². The molecule has 0 saturated carbocycles. The molecule has 1 aliphatic rings. The topological polar surface area (TPSA) is 65.0 Å².